The number of benzene rings is 7. The van der Waals surface area contributed by atoms with Gasteiger partial charge in [-0.25, -0.2) is 4.98 Å². The number of thiazole rings is 1. The molecule has 0 saturated heterocycles. The molecule has 2 aliphatic rings. The summed E-state index contributed by atoms with van der Waals surface area (Å²) in [4.78, 5) is 9.84. The lowest BCUT2D eigenvalue weighted by molar-refractivity contribution is 1.28. The Morgan fingerprint density at radius 3 is 1.79 bits per heavy atom. The molecule has 4 heteroatoms. The van der Waals surface area contributed by atoms with Crippen molar-refractivity contribution in [2.75, 3.05) is 4.90 Å². The molecule has 2 nitrogen and oxygen atoms in total. The van der Waals surface area contributed by atoms with Crippen molar-refractivity contribution in [1.82, 2.24) is 4.98 Å². The second-order valence-corrected chi connectivity index (χ2v) is 15.3. The maximum Gasteiger partial charge on any atom is 0.124 e. The number of hydrogen-bond acceptors (Lipinski definition) is 4. The highest BCUT2D eigenvalue weighted by molar-refractivity contribution is 7.21. The van der Waals surface area contributed by atoms with Crippen molar-refractivity contribution in [2.45, 2.75) is 0 Å². The molecule has 0 radical (unpaired) electrons. The SMILES string of the molecule is c1cc2ccc(-c3ccccc3N(c3ccc(-c4ccc(-c5cccc6ccccc56)cc4)cc3)c3ccc(-c4nc5ccccc5s4)cc3)sc-2c1. The Kier molecular flexibility index (Phi) is 7.90. The maximum atomic E-state index is 4.93. The fraction of sp³-hybridized carbons (Fsp3) is 0. The van der Waals surface area contributed by atoms with E-state index < -0.39 is 0 Å². The molecule has 7 aromatic carbocycles. The first-order chi connectivity index (χ1) is 26.2. The summed E-state index contributed by atoms with van der Waals surface area (Å²) in [5, 5.41) is 3.57. The molecular weight excluding hydrogens is 681 g/mol. The topological polar surface area (TPSA) is 16.1 Å². The number of aromatic nitrogens is 1. The van der Waals surface area contributed by atoms with Crippen LogP contribution in [0.15, 0.2) is 194 Å². The van der Waals surface area contributed by atoms with Crippen LogP contribution >= 0.6 is 22.7 Å². The van der Waals surface area contributed by atoms with Gasteiger partial charge < -0.3 is 4.90 Å². The first-order valence-corrected chi connectivity index (χ1v) is 19.4. The zero-order chi connectivity index (χ0) is 35.1. The molecule has 1 aromatic heterocycles. The van der Waals surface area contributed by atoms with Gasteiger partial charge in [0.25, 0.3) is 0 Å². The lowest BCUT2D eigenvalue weighted by Gasteiger charge is -2.28. The molecule has 0 spiro atoms. The van der Waals surface area contributed by atoms with Crippen LogP contribution in [0.3, 0.4) is 0 Å². The van der Waals surface area contributed by atoms with Gasteiger partial charge in [-0.2, -0.15) is 0 Å². The molecular formula is C49H32N2S2. The fourth-order valence-electron chi connectivity index (χ4n) is 7.29. The highest BCUT2D eigenvalue weighted by Gasteiger charge is 2.19. The molecule has 8 aromatic rings. The van der Waals surface area contributed by atoms with E-state index in [0.29, 0.717) is 0 Å². The van der Waals surface area contributed by atoms with Crippen LogP contribution < -0.4 is 4.90 Å². The van der Waals surface area contributed by atoms with Gasteiger partial charge in [0, 0.05) is 32.3 Å². The van der Waals surface area contributed by atoms with E-state index in [0.717, 1.165) is 33.1 Å². The van der Waals surface area contributed by atoms with Crippen LogP contribution in [0.5, 0.6) is 0 Å². The van der Waals surface area contributed by atoms with Crippen molar-refractivity contribution in [3.8, 4) is 53.7 Å². The average Bonchev–Trinajstić information content (AvgIpc) is 3.89. The minimum absolute atomic E-state index is 1.03. The number of para-hydroxylation sites is 2. The molecule has 0 N–H and O–H groups in total. The number of anilines is 3. The first kappa shape index (κ1) is 31.4. The second kappa shape index (κ2) is 13.3. The summed E-state index contributed by atoms with van der Waals surface area (Å²) in [7, 11) is 0. The van der Waals surface area contributed by atoms with E-state index in [1.54, 1.807) is 11.3 Å². The Morgan fingerprint density at radius 1 is 0.377 bits per heavy atom. The monoisotopic (exact) mass is 712 g/mol. The van der Waals surface area contributed by atoms with Gasteiger partial charge in [-0.3, -0.25) is 0 Å². The number of nitrogens with zero attached hydrogens (tertiary/aromatic N) is 2. The third kappa shape index (κ3) is 5.88. The number of hydrogen-bond donors (Lipinski definition) is 0. The van der Waals surface area contributed by atoms with Gasteiger partial charge >= 0.3 is 0 Å². The Bertz CT molecular complexity index is 2790. The summed E-state index contributed by atoms with van der Waals surface area (Å²) in [6.07, 6.45) is 0. The van der Waals surface area contributed by atoms with Crippen LogP contribution in [0.25, 0.3) is 74.7 Å². The molecule has 10 rings (SSSR count). The first-order valence-electron chi connectivity index (χ1n) is 17.8. The van der Waals surface area contributed by atoms with Gasteiger partial charge in [-0.1, -0.05) is 127 Å². The van der Waals surface area contributed by atoms with E-state index in [9.17, 15) is 0 Å². The van der Waals surface area contributed by atoms with Crippen molar-refractivity contribution >= 4 is 60.7 Å². The van der Waals surface area contributed by atoms with Crippen LogP contribution in [-0.4, -0.2) is 4.98 Å². The largest absolute Gasteiger partial charge is 0.310 e. The van der Waals surface area contributed by atoms with E-state index in [-0.39, 0.29) is 0 Å². The summed E-state index contributed by atoms with van der Waals surface area (Å²) in [5.74, 6) is 0. The van der Waals surface area contributed by atoms with Gasteiger partial charge in [-0.15, -0.1) is 22.7 Å². The van der Waals surface area contributed by atoms with E-state index in [2.05, 4.69) is 193 Å². The minimum Gasteiger partial charge on any atom is -0.310 e. The molecule has 0 unspecified atom stereocenters. The lowest BCUT2D eigenvalue weighted by Crippen LogP contribution is -2.11. The molecule has 2 heterocycles. The van der Waals surface area contributed by atoms with Crippen molar-refractivity contribution in [3.05, 3.63) is 194 Å². The summed E-state index contributed by atoms with van der Waals surface area (Å²) >= 11 is 3.57. The van der Waals surface area contributed by atoms with Crippen LogP contribution in [0.2, 0.25) is 0 Å². The predicted molar refractivity (Wildman–Crippen MR) is 228 cm³/mol. The fourth-order valence-corrected chi connectivity index (χ4v) is 9.31. The zero-order valence-electron chi connectivity index (χ0n) is 28.7. The predicted octanol–water partition coefficient (Wildman–Crippen LogP) is 14.8. The van der Waals surface area contributed by atoms with Gasteiger partial charge in [0.1, 0.15) is 5.01 Å². The summed E-state index contributed by atoms with van der Waals surface area (Å²) in [5.41, 5.74) is 12.8. The summed E-state index contributed by atoms with van der Waals surface area (Å²) < 4.78 is 1.20. The highest BCUT2D eigenvalue weighted by atomic mass is 32.1. The smallest absolute Gasteiger partial charge is 0.124 e. The number of fused-ring (bicyclic) bond motifs is 3. The van der Waals surface area contributed by atoms with Crippen molar-refractivity contribution < 1.29 is 0 Å². The van der Waals surface area contributed by atoms with E-state index in [4.69, 9.17) is 4.98 Å². The molecule has 0 atom stereocenters. The third-order valence-electron chi connectivity index (χ3n) is 9.96. The Labute approximate surface area is 316 Å². The Hall–Kier alpha value is -6.33. The van der Waals surface area contributed by atoms with Gasteiger partial charge in [0.2, 0.25) is 0 Å². The molecule has 1 aliphatic carbocycles. The summed E-state index contributed by atoms with van der Waals surface area (Å²) in [6, 6.07) is 70.0. The van der Waals surface area contributed by atoms with Crippen LogP contribution in [-0.2, 0) is 0 Å². The Balaban J connectivity index is 1.03. The Morgan fingerprint density at radius 2 is 0.981 bits per heavy atom. The normalized spacial score (nSPS) is 11.4. The van der Waals surface area contributed by atoms with Crippen molar-refractivity contribution in [3.63, 3.8) is 0 Å². The molecule has 1 aliphatic heterocycles. The van der Waals surface area contributed by atoms with E-state index >= 15 is 0 Å². The van der Waals surface area contributed by atoms with Crippen molar-refractivity contribution in [2.24, 2.45) is 0 Å². The summed E-state index contributed by atoms with van der Waals surface area (Å²) in [6.45, 7) is 0. The van der Waals surface area contributed by atoms with Crippen molar-refractivity contribution in [1.29, 1.82) is 0 Å². The minimum atomic E-state index is 1.03. The zero-order valence-corrected chi connectivity index (χ0v) is 30.3. The molecule has 0 bridgehead atoms. The number of rotatable bonds is 7. The maximum absolute atomic E-state index is 4.93. The molecule has 53 heavy (non-hydrogen) atoms. The highest BCUT2D eigenvalue weighted by Crippen LogP contribution is 2.45. The third-order valence-corrected chi connectivity index (χ3v) is 12.2. The van der Waals surface area contributed by atoms with E-state index in [1.165, 1.54) is 58.6 Å². The average molecular weight is 713 g/mol. The van der Waals surface area contributed by atoms with Gasteiger partial charge in [0.15, 0.2) is 0 Å². The second-order valence-electron chi connectivity index (χ2n) is 13.2. The molecule has 0 fully saturated rings. The molecule has 250 valence electrons. The van der Waals surface area contributed by atoms with Crippen LogP contribution in [0, 0.1) is 0 Å². The van der Waals surface area contributed by atoms with E-state index in [1.807, 2.05) is 17.4 Å². The van der Waals surface area contributed by atoms with Crippen LogP contribution in [0.4, 0.5) is 17.1 Å². The molecule has 0 saturated carbocycles. The lowest BCUT2D eigenvalue weighted by atomic mass is 9.96. The quantitative estimate of drug-likeness (QED) is 0.164. The molecule has 0 amide bonds. The van der Waals surface area contributed by atoms with Gasteiger partial charge in [0.05, 0.1) is 15.9 Å². The van der Waals surface area contributed by atoms with Crippen LogP contribution in [0.1, 0.15) is 0 Å². The standard InChI is InChI=1S/C49H32N2S2/c1-2-12-41-35(9-1)10-7-14-42(41)36-21-19-33(20-22-36)34-23-28-39(29-24-34)51(40-30-25-38(26-31-40)49-50-44-15-4-6-17-48(44)53-49)45-16-5-3-13-43(45)47-32-27-37-11-8-18-46(37)52-47/h1-32H. The van der Waals surface area contributed by atoms with Gasteiger partial charge in [-0.05, 0) is 105 Å².